The van der Waals surface area contributed by atoms with E-state index in [2.05, 4.69) is 35.9 Å². The Bertz CT molecular complexity index is 78.6. The molecule has 0 bridgehead atoms. The van der Waals surface area contributed by atoms with Gasteiger partial charge in [0.15, 0.2) is 17.4 Å². The summed E-state index contributed by atoms with van der Waals surface area (Å²) in [7, 11) is 0. The van der Waals surface area contributed by atoms with Crippen LogP contribution in [0.25, 0.3) is 0 Å². The predicted octanol–water partition coefficient (Wildman–Crippen LogP) is -1.61. The average Bonchev–Trinajstić information content (AvgIpc) is 1.25. The van der Waals surface area contributed by atoms with Crippen molar-refractivity contribution in [1.29, 1.82) is 0 Å². The van der Waals surface area contributed by atoms with Crippen LogP contribution in [-0.4, -0.2) is 37.9 Å². The first-order chi connectivity index (χ1) is 3.46. The van der Waals surface area contributed by atoms with Crippen molar-refractivity contribution in [2.75, 3.05) is 0 Å². The molecule has 0 aromatic heterocycles. The maximum Gasteiger partial charge on any atom is 0.251 e. The standard InChI is InChI=1S/2CH3NOS.Al.3H/c2*2-1(3)4;;;;/h2*(H3,2,3,4);;;;. The van der Waals surface area contributed by atoms with Crippen molar-refractivity contribution in [3.05, 3.63) is 0 Å². The summed E-state index contributed by atoms with van der Waals surface area (Å²) in [5.74, 6) is 0. The van der Waals surface area contributed by atoms with Gasteiger partial charge in [-0.2, -0.15) is 0 Å². The van der Waals surface area contributed by atoms with Crippen molar-refractivity contribution >= 4 is 52.1 Å². The molecule has 0 atom stereocenters. The number of hydrogen-bond donors (Lipinski definition) is 4. The highest BCUT2D eigenvalue weighted by Crippen LogP contribution is 1.40. The minimum absolute atomic E-state index is 0. The third kappa shape index (κ3) is 36100. The number of aliphatic hydroxyl groups excluding tert-OH is 2. The van der Waals surface area contributed by atoms with Crippen LogP contribution < -0.4 is 11.5 Å². The van der Waals surface area contributed by atoms with Gasteiger partial charge in [0, 0.05) is 0 Å². The minimum atomic E-state index is -0.500. The molecular weight excluding hydrogens is 175 g/mol. The first-order valence-electron chi connectivity index (χ1n) is 1.43. The predicted molar refractivity (Wildman–Crippen MR) is 48.8 cm³/mol. The zero-order chi connectivity index (χ0) is 7.15. The summed E-state index contributed by atoms with van der Waals surface area (Å²) in [5, 5.41) is 14.1. The van der Waals surface area contributed by atoms with Gasteiger partial charge in [0.1, 0.15) is 0 Å². The molecule has 54 valence electrons. The molecule has 0 amide bonds. The highest BCUT2D eigenvalue weighted by molar-refractivity contribution is 7.80. The number of rotatable bonds is 0. The Labute approximate surface area is 74.0 Å². The van der Waals surface area contributed by atoms with Crippen LogP contribution in [-0.2, 0) is 0 Å². The number of nitrogens with two attached hydrogens (primary N) is 2. The third-order valence-corrected chi connectivity index (χ3v) is 0. The van der Waals surface area contributed by atoms with E-state index >= 15 is 0 Å². The topological polar surface area (TPSA) is 92.5 Å². The largest absolute Gasteiger partial charge is 0.487 e. The van der Waals surface area contributed by atoms with Gasteiger partial charge in [-0.3, -0.25) is 0 Å². The molecule has 0 aliphatic rings. The molecule has 0 radical (unpaired) electrons. The summed E-state index contributed by atoms with van der Waals surface area (Å²) in [6.45, 7) is 0. The van der Waals surface area contributed by atoms with E-state index in [1.807, 2.05) is 0 Å². The van der Waals surface area contributed by atoms with Gasteiger partial charge in [0.05, 0.1) is 0 Å². The van der Waals surface area contributed by atoms with Crippen LogP contribution in [0.15, 0.2) is 0 Å². The maximum atomic E-state index is 7.56. The van der Waals surface area contributed by atoms with Crippen molar-refractivity contribution in [3.8, 4) is 0 Å². The van der Waals surface area contributed by atoms with E-state index in [9.17, 15) is 0 Å². The molecule has 9 heavy (non-hydrogen) atoms. The Kier molecular flexibility index (Phi) is 19.2. The molecule has 6 N–H and O–H groups in total. The van der Waals surface area contributed by atoms with Crippen LogP contribution in [0.1, 0.15) is 0 Å². The Morgan fingerprint density at radius 1 is 1.00 bits per heavy atom. The summed E-state index contributed by atoms with van der Waals surface area (Å²) in [6.07, 6.45) is 0. The van der Waals surface area contributed by atoms with Crippen LogP contribution >= 0.6 is 24.4 Å². The molecule has 0 fully saturated rings. The molecule has 0 aromatic carbocycles. The molecule has 0 aliphatic heterocycles. The Balaban J connectivity index is -0.0000000720. The SMILES string of the molecule is NC(O)=S.NC(O)=S.[AlH3]. The lowest BCUT2D eigenvalue weighted by Gasteiger charge is -1.67. The number of aliphatic hydroxyl groups is 2. The van der Waals surface area contributed by atoms with E-state index in [1.54, 1.807) is 0 Å². The molecule has 0 saturated carbocycles. The van der Waals surface area contributed by atoms with Gasteiger partial charge < -0.3 is 21.7 Å². The summed E-state index contributed by atoms with van der Waals surface area (Å²) in [5.41, 5.74) is 8.80. The zero-order valence-electron chi connectivity index (χ0n) is 3.87. The second kappa shape index (κ2) is 10.8. The fourth-order valence-electron chi connectivity index (χ4n) is 0. The van der Waals surface area contributed by atoms with Crippen LogP contribution in [0, 0.1) is 0 Å². The first-order valence-corrected chi connectivity index (χ1v) is 2.25. The number of thiocarbonyl (C=S) groups is 2. The van der Waals surface area contributed by atoms with Crippen molar-refractivity contribution in [1.82, 2.24) is 0 Å². The summed E-state index contributed by atoms with van der Waals surface area (Å²) in [4.78, 5) is 0. The maximum absolute atomic E-state index is 7.56. The lowest BCUT2D eigenvalue weighted by Crippen LogP contribution is -2.03. The van der Waals surface area contributed by atoms with E-state index in [-0.39, 0.29) is 17.4 Å². The zero-order valence-corrected chi connectivity index (χ0v) is 5.50. The van der Waals surface area contributed by atoms with E-state index in [0.717, 1.165) is 0 Å². The van der Waals surface area contributed by atoms with Gasteiger partial charge >= 0.3 is 0 Å². The molecular formula is C2H9AlN2O2S2. The molecule has 0 rings (SSSR count). The number of hydrogen-bond acceptors (Lipinski definition) is 2. The lowest BCUT2D eigenvalue weighted by molar-refractivity contribution is 0.559. The van der Waals surface area contributed by atoms with Crippen LogP contribution in [0.2, 0.25) is 0 Å². The summed E-state index contributed by atoms with van der Waals surface area (Å²) in [6, 6.07) is 0. The van der Waals surface area contributed by atoms with Gasteiger partial charge in [0.25, 0.3) is 10.3 Å². The molecule has 0 heterocycles. The monoisotopic (exact) mass is 184 g/mol. The molecule has 0 aromatic rings. The third-order valence-electron chi connectivity index (χ3n) is 0. The molecule has 0 unspecified atom stereocenters. The average molecular weight is 184 g/mol. The second-order valence-electron chi connectivity index (χ2n) is 0.676. The minimum Gasteiger partial charge on any atom is -0.487 e. The van der Waals surface area contributed by atoms with Crippen LogP contribution in [0.3, 0.4) is 0 Å². The van der Waals surface area contributed by atoms with Gasteiger partial charge in [-0.25, -0.2) is 0 Å². The van der Waals surface area contributed by atoms with E-state index in [0.29, 0.717) is 0 Å². The second-order valence-corrected chi connectivity index (χ2v) is 1.51. The van der Waals surface area contributed by atoms with Gasteiger partial charge in [-0.05, 0) is 24.4 Å². The van der Waals surface area contributed by atoms with E-state index in [4.69, 9.17) is 10.2 Å². The van der Waals surface area contributed by atoms with E-state index in [1.165, 1.54) is 0 Å². The fraction of sp³-hybridized carbons (Fsp3) is 0. The Morgan fingerprint density at radius 2 is 1.00 bits per heavy atom. The molecule has 0 spiro atoms. The molecule has 4 nitrogen and oxygen atoms in total. The van der Waals surface area contributed by atoms with Crippen molar-refractivity contribution in [3.63, 3.8) is 0 Å². The molecule has 0 saturated heterocycles. The van der Waals surface area contributed by atoms with Crippen molar-refractivity contribution in [2.24, 2.45) is 11.5 Å². The highest BCUT2D eigenvalue weighted by Gasteiger charge is 1.57. The van der Waals surface area contributed by atoms with Crippen LogP contribution in [0.4, 0.5) is 0 Å². The Morgan fingerprint density at radius 3 is 1.00 bits per heavy atom. The highest BCUT2D eigenvalue weighted by atomic mass is 32.1. The van der Waals surface area contributed by atoms with Crippen LogP contribution in [0.5, 0.6) is 0 Å². The van der Waals surface area contributed by atoms with Crippen molar-refractivity contribution < 1.29 is 10.2 Å². The quantitative estimate of drug-likeness (QED) is 0.267. The van der Waals surface area contributed by atoms with Crippen molar-refractivity contribution in [2.45, 2.75) is 0 Å². The normalized spacial score (nSPS) is 5.33. The van der Waals surface area contributed by atoms with Gasteiger partial charge in [0.2, 0.25) is 0 Å². The summed E-state index contributed by atoms with van der Waals surface area (Å²) < 4.78 is 0. The van der Waals surface area contributed by atoms with E-state index < -0.39 is 10.3 Å². The smallest absolute Gasteiger partial charge is 0.251 e. The molecule has 7 heteroatoms. The van der Waals surface area contributed by atoms with Gasteiger partial charge in [-0.1, -0.05) is 0 Å². The molecule has 0 aliphatic carbocycles. The first kappa shape index (κ1) is 16.0. The summed E-state index contributed by atoms with van der Waals surface area (Å²) >= 11 is 7.74. The van der Waals surface area contributed by atoms with Gasteiger partial charge in [-0.15, -0.1) is 0 Å². The lowest BCUT2D eigenvalue weighted by atomic mass is 11.4. The Hall–Kier alpha value is -0.0875. The fourth-order valence-corrected chi connectivity index (χ4v) is 0.